The van der Waals surface area contributed by atoms with Crippen LogP contribution >= 0.6 is 11.8 Å². The minimum atomic E-state index is -0.646. The van der Waals surface area contributed by atoms with Crippen LogP contribution < -0.4 is 5.32 Å². The number of unbranched alkanes of at least 4 members (excludes halogenated alkanes) is 1. The third kappa shape index (κ3) is 8.52. The van der Waals surface area contributed by atoms with Crippen LogP contribution in [0.15, 0.2) is 78.9 Å². The van der Waals surface area contributed by atoms with E-state index in [0.717, 1.165) is 29.5 Å². The summed E-state index contributed by atoms with van der Waals surface area (Å²) in [5, 5.41) is 3.03. The minimum Gasteiger partial charge on any atom is -0.354 e. The summed E-state index contributed by atoms with van der Waals surface area (Å²) < 4.78 is 14.1. The average molecular weight is 507 g/mol. The molecule has 1 atom stereocenters. The van der Waals surface area contributed by atoms with E-state index in [1.807, 2.05) is 61.5 Å². The number of aryl methyl sites for hydroxylation is 1. The van der Waals surface area contributed by atoms with Gasteiger partial charge in [-0.2, -0.15) is 0 Å². The van der Waals surface area contributed by atoms with Gasteiger partial charge in [0.25, 0.3) is 0 Å². The number of thioether (sulfide) groups is 1. The Bertz CT molecular complexity index is 1110. The highest BCUT2D eigenvalue weighted by Gasteiger charge is 2.30. The van der Waals surface area contributed by atoms with Crippen LogP contribution in [0, 0.1) is 12.7 Å². The van der Waals surface area contributed by atoms with E-state index >= 15 is 0 Å². The predicted octanol–water partition coefficient (Wildman–Crippen LogP) is 5.92. The van der Waals surface area contributed by atoms with Crippen LogP contribution in [0.2, 0.25) is 0 Å². The standard InChI is InChI=1S/C30H35FN2O2S/c1-3-4-18-32-30(35)28(19-24-10-6-5-7-11-24)33(20-25-16-14-23(2)15-17-25)29(34)22-36-21-26-12-8-9-13-27(26)31/h5-17,28H,3-4,18-22H2,1-2H3,(H,32,35)/t28-/m0/s1. The van der Waals surface area contributed by atoms with Gasteiger partial charge in [0.1, 0.15) is 11.9 Å². The lowest BCUT2D eigenvalue weighted by Crippen LogP contribution is -2.51. The molecule has 0 aliphatic carbocycles. The first-order valence-electron chi connectivity index (χ1n) is 12.5. The zero-order valence-corrected chi connectivity index (χ0v) is 21.9. The molecule has 0 bridgehead atoms. The lowest BCUT2D eigenvalue weighted by atomic mass is 10.0. The summed E-state index contributed by atoms with van der Waals surface area (Å²) in [7, 11) is 0. The van der Waals surface area contributed by atoms with E-state index in [1.165, 1.54) is 17.8 Å². The van der Waals surface area contributed by atoms with Crippen LogP contribution in [0.25, 0.3) is 0 Å². The van der Waals surface area contributed by atoms with E-state index in [-0.39, 0.29) is 23.4 Å². The van der Waals surface area contributed by atoms with Crippen molar-refractivity contribution in [3.63, 3.8) is 0 Å². The molecule has 0 aliphatic rings. The molecular weight excluding hydrogens is 471 g/mol. The van der Waals surface area contributed by atoms with Crippen LogP contribution in [-0.2, 0) is 28.3 Å². The van der Waals surface area contributed by atoms with Crippen LogP contribution in [0.5, 0.6) is 0 Å². The number of amides is 2. The number of carbonyl (C=O) groups is 2. The van der Waals surface area contributed by atoms with Crippen LogP contribution in [-0.4, -0.2) is 35.1 Å². The van der Waals surface area contributed by atoms with Gasteiger partial charge in [-0.15, -0.1) is 11.8 Å². The maximum atomic E-state index is 14.1. The molecule has 0 fully saturated rings. The van der Waals surface area contributed by atoms with Crippen LogP contribution in [0.4, 0.5) is 4.39 Å². The molecule has 0 aliphatic heterocycles. The summed E-state index contributed by atoms with van der Waals surface area (Å²) in [4.78, 5) is 28.7. The third-order valence-corrected chi connectivity index (χ3v) is 6.98. The first-order valence-corrected chi connectivity index (χ1v) is 13.6. The number of hydrogen-bond acceptors (Lipinski definition) is 3. The first kappa shape index (κ1) is 27.5. The highest BCUT2D eigenvalue weighted by Crippen LogP contribution is 2.20. The fourth-order valence-electron chi connectivity index (χ4n) is 3.90. The van der Waals surface area contributed by atoms with Gasteiger partial charge in [-0.1, -0.05) is 91.7 Å². The zero-order chi connectivity index (χ0) is 25.8. The van der Waals surface area contributed by atoms with Crippen molar-refractivity contribution in [1.29, 1.82) is 0 Å². The molecule has 0 spiro atoms. The van der Waals surface area contributed by atoms with Gasteiger partial charge in [-0.25, -0.2) is 4.39 Å². The maximum Gasteiger partial charge on any atom is 0.243 e. The van der Waals surface area contributed by atoms with E-state index in [0.29, 0.717) is 30.8 Å². The van der Waals surface area contributed by atoms with Crippen molar-refractivity contribution in [2.24, 2.45) is 0 Å². The Balaban J connectivity index is 1.83. The van der Waals surface area contributed by atoms with Crippen molar-refractivity contribution in [2.45, 2.75) is 51.4 Å². The van der Waals surface area contributed by atoms with Gasteiger partial charge in [0.05, 0.1) is 5.75 Å². The van der Waals surface area contributed by atoms with Crippen molar-refractivity contribution < 1.29 is 14.0 Å². The minimum absolute atomic E-state index is 0.136. The van der Waals surface area contributed by atoms with Gasteiger partial charge in [0.2, 0.25) is 11.8 Å². The van der Waals surface area contributed by atoms with Crippen LogP contribution in [0.3, 0.4) is 0 Å². The van der Waals surface area contributed by atoms with E-state index in [9.17, 15) is 14.0 Å². The molecule has 3 aromatic carbocycles. The summed E-state index contributed by atoms with van der Waals surface area (Å²) in [5.74, 6) is -0.00196. The van der Waals surface area contributed by atoms with Gasteiger partial charge in [-0.3, -0.25) is 9.59 Å². The Morgan fingerprint density at radius 2 is 1.64 bits per heavy atom. The Hall–Kier alpha value is -3.12. The topological polar surface area (TPSA) is 49.4 Å². The number of halogens is 1. The SMILES string of the molecule is CCCCNC(=O)[C@H](Cc1ccccc1)N(Cc1ccc(C)cc1)C(=O)CSCc1ccccc1F. The monoisotopic (exact) mass is 506 g/mol. The molecule has 0 saturated carbocycles. The Labute approximate surface area is 218 Å². The van der Waals surface area contributed by atoms with Crippen molar-refractivity contribution in [3.8, 4) is 0 Å². The summed E-state index contributed by atoms with van der Waals surface area (Å²) >= 11 is 1.36. The molecule has 6 heteroatoms. The van der Waals surface area contributed by atoms with E-state index in [1.54, 1.807) is 23.1 Å². The normalized spacial score (nSPS) is 11.6. The zero-order valence-electron chi connectivity index (χ0n) is 21.1. The third-order valence-electron chi connectivity index (χ3n) is 6.02. The molecule has 4 nitrogen and oxygen atoms in total. The van der Waals surface area contributed by atoms with Crippen molar-refractivity contribution in [3.05, 3.63) is 107 Å². The second-order valence-electron chi connectivity index (χ2n) is 8.94. The molecule has 190 valence electrons. The van der Waals surface area contributed by atoms with Gasteiger partial charge < -0.3 is 10.2 Å². The second-order valence-corrected chi connectivity index (χ2v) is 9.93. The maximum absolute atomic E-state index is 14.1. The second kappa shape index (κ2) is 14.4. The van der Waals surface area contributed by atoms with Gasteiger partial charge in [0, 0.05) is 25.3 Å². The quantitative estimate of drug-likeness (QED) is 0.293. The molecule has 0 radical (unpaired) electrons. The molecule has 0 aromatic heterocycles. The van der Waals surface area contributed by atoms with E-state index < -0.39 is 6.04 Å². The number of nitrogens with zero attached hydrogens (tertiary/aromatic N) is 1. The fraction of sp³-hybridized carbons (Fsp3) is 0.333. The summed E-state index contributed by atoms with van der Waals surface area (Å²) in [6.45, 7) is 5.01. The summed E-state index contributed by atoms with van der Waals surface area (Å²) in [6, 6.07) is 23.8. The Kier molecular flexibility index (Phi) is 11.0. The number of nitrogens with one attached hydrogen (secondary N) is 1. The predicted molar refractivity (Wildman–Crippen MR) is 146 cm³/mol. The largest absolute Gasteiger partial charge is 0.354 e. The molecular formula is C30H35FN2O2S. The van der Waals surface area contributed by atoms with E-state index in [2.05, 4.69) is 12.2 Å². The van der Waals surface area contributed by atoms with Crippen molar-refractivity contribution in [1.82, 2.24) is 10.2 Å². The smallest absolute Gasteiger partial charge is 0.243 e. The Morgan fingerprint density at radius 1 is 0.944 bits per heavy atom. The number of rotatable bonds is 13. The van der Waals surface area contributed by atoms with E-state index in [4.69, 9.17) is 0 Å². The average Bonchev–Trinajstić information content (AvgIpc) is 2.89. The fourth-order valence-corrected chi connectivity index (χ4v) is 4.79. The highest BCUT2D eigenvalue weighted by molar-refractivity contribution is 7.99. The summed E-state index contributed by atoms with van der Waals surface area (Å²) in [6.07, 6.45) is 2.28. The molecule has 2 amide bonds. The number of carbonyl (C=O) groups excluding carboxylic acids is 2. The molecule has 0 heterocycles. The number of hydrogen-bond donors (Lipinski definition) is 1. The van der Waals surface area contributed by atoms with Crippen LogP contribution in [0.1, 0.15) is 42.0 Å². The van der Waals surface area contributed by atoms with Crippen molar-refractivity contribution >= 4 is 23.6 Å². The van der Waals surface area contributed by atoms with Gasteiger partial charge in [-0.05, 0) is 36.1 Å². The molecule has 3 rings (SSSR count). The number of benzene rings is 3. The van der Waals surface area contributed by atoms with Gasteiger partial charge >= 0.3 is 0 Å². The summed E-state index contributed by atoms with van der Waals surface area (Å²) in [5.41, 5.74) is 3.66. The Morgan fingerprint density at radius 3 is 2.33 bits per heavy atom. The molecule has 0 saturated heterocycles. The molecule has 36 heavy (non-hydrogen) atoms. The molecule has 0 unspecified atom stereocenters. The molecule has 1 N–H and O–H groups in total. The van der Waals surface area contributed by atoms with Crippen molar-refractivity contribution in [2.75, 3.05) is 12.3 Å². The lowest BCUT2D eigenvalue weighted by molar-refractivity contribution is -0.139. The van der Waals surface area contributed by atoms with Gasteiger partial charge in [0.15, 0.2) is 0 Å². The lowest BCUT2D eigenvalue weighted by Gasteiger charge is -2.31. The highest BCUT2D eigenvalue weighted by atomic mass is 32.2. The molecule has 3 aromatic rings. The first-order chi connectivity index (χ1) is 17.5.